The van der Waals surface area contributed by atoms with E-state index in [1.807, 2.05) is 0 Å². The lowest BCUT2D eigenvalue weighted by atomic mass is 9.55. The Morgan fingerprint density at radius 1 is 1.04 bits per heavy atom. The standard InChI is InChI=1S/C23H30O5/c1-14(24)27-23(28-15(2)25)12-10-21-20-7-5-16-13-17(26-4)6-8-18(16)19(20)9-11-22(21,23)3/h6,8,13,19-21H,5,7,9-12H2,1-4H3/t19-,20+,21-,22-/m0/s1. The fourth-order valence-corrected chi connectivity index (χ4v) is 6.46. The van der Waals surface area contributed by atoms with E-state index in [2.05, 4.69) is 25.1 Å². The molecule has 0 saturated heterocycles. The molecule has 3 aliphatic rings. The molecular weight excluding hydrogens is 356 g/mol. The molecule has 5 heteroatoms. The van der Waals surface area contributed by atoms with Gasteiger partial charge in [0.2, 0.25) is 0 Å². The van der Waals surface area contributed by atoms with Crippen molar-refractivity contribution in [2.24, 2.45) is 17.3 Å². The molecule has 0 radical (unpaired) electrons. The number of esters is 2. The predicted octanol–water partition coefficient (Wildman–Crippen LogP) is 4.37. The van der Waals surface area contributed by atoms with Crippen molar-refractivity contribution in [3.63, 3.8) is 0 Å². The summed E-state index contributed by atoms with van der Waals surface area (Å²) in [6.07, 6.45) is 5.55. The molecule has 3 aliphatic carbocycles. The molecule has 0 amide bonds. The zero-order valence-electron chi connectivity index (χ0n) is 17.2. The van der Waals surface area contributed by atoms with Crippen LogP contribution < -0.4 is 4.74 Å². The minimum absolute atomic E-state index is 0.338. The van der Waals surface area contributed by atoms with Crippen molar-refractivity contribution in [1.29, 1.82) is 0 Å². The van der Waals surface area contributed by atoms with Crippen molar-refractivity contribution in [3.05, 3.63) is 29.3 Å². The molecule has 28 heavy (non-hydrogen) atoms. The predicted molar refractivity (Wildman–Crippen MR) is 104 cm³/mol. The van der Waals surface area contributed by atoms with Crippen LogP contribution in [0.3, 0.4) is 0 Å². The molecular formula is C23H30O5. The monoisotopic (exact) mass is 386 g/mol. The third kappa shape index (κ3) is 2.82. The van der Waals surface area contributed by atoms with Gasteiger partial charge in [-0.25, -0.2) is 0 Å². The zero-order chi connectivity index (χ0) is 20.1. The van der Waals surface area contributed by atoms with Crippen molar-refractivity contribution >= 4 is 11.9 Å². The van der Waals surface area contributed by atoms with E-state index in [-0.39, 0.29) is 17.4 Å². The fraction of sp³-hybridized carbons (Fsp3) is 0.652. The highest BCUT2D eigenvalue weighted by Gasteiger charge is 2.66. The molecule has 2 fully saturated rings. The van der Waals surface area contributed by atoms with Crippen molar-refractivity contribution in [3.8, 4) is 5.75 Å². The topological polar surface area (TPSA) is 61.8 Å². The Hall–Kier alpha value is -2.04. The van der Waals surface area contributed by atoms with E-state index in [1.165, 1.54) is 25.0 Å². The molecule has 0 spiro atoms. The van der Waals surface area contributed by atoms with Gasteiger partial charge in [0.15, 0.2) is 0 Å². The van der Waals surface area contributed by atoms with Gasteiger partial charge in [-0.1, -0.05) is 13.0 Å². The van der Waals surface area contributed by atoms with Crippen LogP contribution in [0, 0.1) is 17.3 Å². The quantitative estimate of drug-likeness (QED) is 0.570. The highest BCUT2D eigenvalue weighted by Crippen LogP contribution is 2.65. The number of hydrogen-bond donors (Lipinski definition) is 0. The van der Waals surface area contributed by atoms with E-state index in [1.54, 1.807) is 7.11 Å². The summed E-state index contributed by atoms with van der Waals surface area (Å²) in [6.45, 7) is 4.96. The minimum atomic E-state index is -1.12. The van der Waals surface area contributed by atoms with Gasteiger partial charge in [-0.05, 0) is 73.1 Å². The Morgan fingerprint density at radius 2 is 1.75 bits per heavy atom. The first kappa shape index (κ1) is 19.3. The van der Waals surface area contributed by atoms with Crippen LogP contribution in [-0.2, 0) is 25.5 Å². The molecule has 0 heterocycles. The molecule has 0 N–H and O–H groups in total. The van der Waals surface area contributed by atoms with Gasteiger partial charge in [0, 0.05) is 25.7 Å². The third-order valence-electron chi connectivity index (χ3n) is 7.60. The number of hydrogen-bond acceptors (Lipinski definition) is 5. The number of rotatable bonds is 3. The van der Waals surface area contributed by atoms with Crippen LogP contribution in [0.4, 0.5) is 0 Å². The Morgan fingerprint density at radius 3 is 2.39 bits per heavy atom. The van der Waals surface area contributed by atoms with Crippen LogP contribution in [0.1, 0.15) is 69.9 Å². The summed E-state index contributed by atoms with van der Waals surface area (Å²) in [5, 5.41) is 0. The maximum Gasteiger partial charge on any atom is 0.305 e. The molecule has 1 aromatic rings. The van der Waals surface area contributed by atoms with Gasteiger partial charge < -0.3 is 14.2 Å². The molecule has 2 saturated carbocycles. The first-order valence-electron chi connectivity index (χ1n) is 10.4. The summed E-state index contributed by atoms with van der Waals surface area (Å²) in [6, 6.07) is 6.47. The second-order valence-corrected chi connectivity index (χ2v) is 8.92. The number of ether oxygens (including phenoxy) is 3. The smallest absolute Gasteiger partial charge is 0.305 e. The lowest BCUT2D eigenvalue weighted by Gasteiger charge is -2.53. The fourth-order valence-electron chi connectivity index (χ4n) is 6.46. The Balaban J connectivity index is 1.68. The largest absolute Gasteiger partial charge is 0.497 e. The van der Waals surface area contributed by atoms with E-state index in [4.69, 9.17) is 14.2 Å². The summed E-state index contributed by atoms with van der Waals surface area (Å²) in [7, 11) is 1.71. The average molecular weight is 386 g/mol. The molecule has 0 bridgehead atoms. The number of fused-ring (bicyclic) bond motifs is 5. The van der Waals surface area contributed by atoms with Gasteiger partial charge >= 0.3 is 11.9 Å². The van der Waals surface area contributed by atoms with Gasteiger partial charge in [-0.3, -0.25) is 9.59 Å². The highest BCUT2D eigenvalue weighted by atomic mass is 16.7. The molecule has 0 unspecified atom stereocenters. The van der Waals surface area contributed by atoms with E-state index in [0.29, 0.717) is 24.2 Å². The number of methoxy groups -OCH3 is 1. The summed E-state index contributed by atoms with van der Waals surface area (Å²) in [5.74, 6) is 0.437. The average Bonchev–Trinajstić information content (AvgIpc) is 2.92. The van der Waals surface area contributed by atoms with E-state index in [0.717, 1.165) is 37.9 Å². The van der Waals surface area contributed by atoms with Gasteiger partial charge in [-0.15, -0.1) is 0 Å². The van der Waals surface area contributed by atoms with Gasteiger partial charge in [0.1, 0.15) is 5.75 Å². The van der Waals surface area contributed by atoms with Crippen LogP contribution in [0.5, 0.6) is 5.75 Å². The molecule has 4 atom stereocenters. The van der Waals surface area contributed by atoms with Crippen LogP contribution in [-0.4, -0.2) is 24.8 Å². The molecule has 4 rings (SSSR count). The highest BCUT2D eigenvalue weighted by molar-refractivity contribution is 5.69. The van der Waals surface area contributed by atoms with Crippen molar-refractivity contribution in [1.82, 2.24) is 0 Å². The Labute approximate surface area is 166 Å². The summed E-state index contributed by atoms with van der Waals surface area (Å²) in [5.41, 5.74) is 2.50. The summed E-state index contributed by atoms with van der Waals surface area (Å²) >= 11 is 0. The number of carbonyl (C=O) groups is 2. The van der Waals surface area contributed by atoms with Crippen molar-refractivity contribution < 1.29 is 23.8 Å². The normalized spacial score (nSPS) is 32.5. The van der Waals surface area contributed by atoms with Crippen molar-refractivity contribution in [2.75, 3.05) is 7.11 Å². The van der Waals surface area contributed by atoms with Crippen LogP contribution >= 0.6 is 0 Å². The maximum atomic E-state index is 11.9. The van der Waals surface area contributed by atoms with Gasteiger partial charge in [0.05, 0.1) is 7.11 Å². The van der Waals surface area contributed by atoms with Crippen LogP contribution in [0.25, 0.3) is 0 Å². The molecule has 1 aromatic carbocycles. The van der Waals surface area contributed by atoms with Crippen LogP contribution in [0.2, 0.25) is 0 Å². The second-order valence-electron chi connectivity index (χ2n) is 8.92. The van der Waals surface area contributed by atoms with Crippen LogP contribution in [0.15, 0.2) is 18.2 Å². The Kier molecular flexibility index (Phi) is 4.67. The van der Waals surface area contributed by atoms with E-state index < -0.39 is 5.79 Å². The zero-order valence-corrected chi connectivity index (χ0v) is 17.2. The van der Waals surface area contributed by atoms with Gasteiger partial charge in [0.25, 0.3) is 5.79 Å². The summed E-state index contributed by atoms with van der Waals surface area (Å²) in [4.78, 5) is 23.8. The maximum absolute atomic E-state index is 11.9. The van der Waals surface area contributed by atoms with E-state index in [9.17, 15) is 9.59 Å². The lowest BCUT2D eigenvalue weighted by Crippen LogP contribution is -2.54. The molecule has 0 aromatic heterocycles. The lowest BCUT2D eigenvalue weighted by molar-refractivity contribution is -0.270. The molecule has 5 nitrogen and oxygen atoms in total. The third-order valence-corrected chi connectivity index (χ3v) is 7.60. The molecule has 152 valence electrons. The first-order valence-corrected chi connectivity index (χ1v) is 10.4. The van der Waals surface area contributed by atoms with Crippen molar-refractivity contribution in [2.45, 2.75) is 71.0 Å². The number of benzene rings is 1. The summed E-state index contributed by atoms with van der Waals surface area (Å²) < 4.78 is 16.9. The minimum Gasteiger partial charge on any atom is -0.497 e. The van der Waals surface area contributed by atoms with Gasteiger partial charge in [-0.2, -0.15) is 0 Å². The number of carbonyl (C=O) groups excluding carboxylic acids is 2. The van der Waals surface area contributed by atoms with E-state index >= 15 is 0 Å². The second kappa shape index (κ2) is 6.78. The number of aryl methyl sites for hydroxylation is 1. The SMILES string of the molecule is COc1ccc2c(c1)CC[C@@H]1[C@H]2CC[C@@]2(C)[C@H]1CCC2(OC(C)=O)OC(C)=O. The molecule has 0 aliphatic heterocycles. The Bertz CT molecular complexity index is 784. The first-order chi connectivity index (χ1) is 13.3.